The van der Waals surface area contributed by atoms with Crippen LogP contribution in [0.15, 0.2) is 18.5 Å². The average molecular weight is 249 g/mol. The Balaban J connectivity index is 2.28. The van der Waals surface area contributed by atoms with Crippen molar-refractivity contribution < 1.29 is 9.90 Å². The van der Waals surface area contributed by atoms with Crippen LogP contribution in [0.1, 0.15) is 20.9 Å². The largest absolute Gasteiger partial charge is 0.477 e. The molecule has 2 rings (SSSR count). The number of thiazole rings is 1. The van der Waals surface area contributed by atoms with Gasteiger partial charge in [0.1, 0.15) is 4.88 Å². The fourth-order valence-corrected chi connectivity index (χ4v) is 2.18. The van der Waals surface area contributed by atoms with Crippen molar-refractivity contribution in [3.8, 4) is 0 Å². The summed E-state index contributed by atoms with van der Waals surface area (Å²) < 4.78 is 0. The third kappa shape index (κ3) is 2.42. The first kappa shape index (κ1) is 11.5. The zero-order chi connectivity index (χ0) is 12.4. The van der Waals surface area contributed by atoms with Gasteiger partial charge in [0.25, 0.3) is 0 Å². The van der Waals surface area contributed by atoms with Crippen LogP contribution in [0, 0.1) is 13.8 Å². The third-order valence-corrected chi connectivity index (χ3v) is 3.33. The number of nitrogens with one attached hydrogen (secondary N) is 1. The summed E-state index contributed by atoms with van der Waals surface area (Å²) in [4.78, 5) is 19.3. The van der Waals surface area contributed by atoms with Crippen LogP contribution in [0.2, 0.25) is 0 Å². The summed E-state index contributed by atoms with van der Waals surface area (Å²) in [5.74, 6) is -0.948. The van der Waals surface area contributed by atoms with E-state index in [1.54, 1.807) is 19.3 Å². The summed E-state index contributed by atoms with van der Waals surface area (Å²) in [6.45, 7) is 3.63. The van der Waals surface area contributed by atoms with Gasteiger partial charge in [0.05, 0.1) is 17.6 Å². The van der Waals surface area contributed by atoms with Gasteiger partial charge in [0.15, 0.2) is 5.13 Å². The predicted molar refractivity (Wildman–Crippen MR) is 66.1 cm³/mol. The molecule has 2 N–H and O–H groups in total. The number of nitrogens with zero attached hydrogens (tertiary/aromatic N) is 2. The van der Waals surface area contributed by atoms with Gasteiger partial charge in [-0.15, -0.1) is 0 Å². The monoisotopic (exact) mass is 249 g/mol. The van der Waals surface area contributed by atoms with E-state index in [1.165, 1.54) is 0 Å². The summed E-state index contributed by atoms with van der Waals surface area (Å²) >= 11 is 1.12. The van der Waals surface area contributed by atoms with Crippen LogP contribution in [0.5, 0.6) is 0 Å². The Bertz CT molecular complexity index is 566. The van der Waals surface area contributed by atoms with Crippen molar-refractivity contribution in [1.82, 2.24) is 9.97 Å². The van der Waals surface area contributed by atoms with Crippen molar-refractivity contribution in [1.29, 1.82) is 0 Å². The molecule has 0 bridgehead atoms. The highest BCUT2D eigenvalue weighted by atomic mass is 32.1. The molecule has 0 aromatic carbocycles. The second-order valence-electron chi connectivity index (χ2n) is 3.55. The van der Waals surface area contributed by atoms with Gasteiger partial charge in [-0.2, -0.15) is 0 Å². The summed E-state index contributed by atoms with van der Waals surface area (Å²) in [7, 11) is 0. The minimum absolute atomic E-state index is 0.258. The Hall–Kier alpha value is -1.95. The molecule has 0 atom stereocenters. The number of aromatic carboxylic acids is 1. The van der Waals surface area contributed by atoms with Crippen molar-refractivity contribution in [2.75, 3.05) is 5.32 Å². The summed E-state index contributed by atoms with van der Waals surface area (Å²) in [5.41, 5.74) is 2.38. The number of hydrogen-bond acceptors (Lipinski definition) is 5. The molecule has 2 heterocycles. The molecule has 0 saturated carbocycles. The molecule has 0 aliphatic carbocycles. The highest BCUT2D eigenvalue weighted by molar-refractivity contribution is 7.17. The molecule has 0 spiro atoms. The van der Waals surface area contributed by atoms with Crippen LogP contribution in [-0.4, -0.2) is 21.0 Å². The SMILES string of the molecule is Cc1ccncc1Nc1nc(C)c(C(=O)O)s1. The fraction of sp³-hybridized carbons (Fsp3) is 0.182. The zero-order valence-corrected chi connectivity index (χ0v) is 10.2. The Kier molecular flexibility index (Phi) is 3.06. The number of carbonyl (C=O) groups is 1. The Labute approximate surface area is 102 Å². The molecular weight excluding hydrogens is 238 g/mol. The minimum atomic E-state index is -0.948. The molecule has 0 radical (unpaired) electrons. The molecule has 0 aliphatic heterocycles. The lowest BCUT2D eigenvalue weighted by molar-refractivity contribution is 0.0701. The molecule has 0 unspecified atom stereocenters. The van der Waals surface area contributed by atoms with Gasteiger partial charge in [-0.1, -0.05) is 11.3 Å². The predicted octanol–water partition coefficient (Wildman–Crippen LogP) is 2.60. The second-order valence-corrected chi connectivity index (χ2v) is 4.55. The van der Waals surface area contributed by atoms with Gasteiger partial charge in [0.2, 0.25) is 0 Å². The molecule has 0 amide bonds. The summed E-state index contributed by atoms with van der Waals surface area (Å²) in [6.07, 6.45) is 3.39. The number of aryl methyl sites for hydroxylation is 2. The van der Waals surface area contributed by atoms with Crippen LogP contribution in [0.3, 0.4) is 0 Å². The van der Waals surface area contributed by atoms with E-state index in [2.05, 4.69) is 15.3 Å². The quantitative estimate of drug-likeness (QED) is 0.874. The molecule has 0 aliphatic rings. The average Bonchev–Trinajstić information content (AvgIpc) is 2.63. The molecule has 6 heteroatoms. The smallest absolute Gasteiger partial charge is 0.347 e. The maximum Gasteiger partial charge on any atom is 0.347 e. The first-order valence-electron chi connectivity index (χ1n) is 4.96. The van der Waals surface area contributed by atoms with Gasteiger partial charge in [0, 0.05) is 6.20 Å². The van der Waals surface area contributed by atoms with Crippen LogP contribution >= 0.6 is 11.3 Å². The topological polar surface area (TPSA) is 75.1 Å². The zero-order valence-electron chi connectivity index (χ0n) is 9.39. The molecule has 5 nitrogen and oxygen atoms in total. The van der Waals surface area contributed by atoms with Crippen LogP contribution in [-0.2, 0) is 0 Å². The second kappa shape index (κ2) is 4.50. The molecule has 17 heavy (non-hydrogen) atoms. The lowest BCUT2D eigenvalue weighted by Gasteiger charge is -2.04. The lowest BCUT2D eigenvalue weighted by atomic mass is 10.2. The van der Waals surface area contributed by atoms with E-state index in [1.807, 2.05) is 13.0 Å². The van der Waals surface area contributed by atoms with Gasteiger partial charge < -0.3 is 10.4 Å². The van der Waals surface area contributed by atoms with E-state index in [-0.39, 0.29) is 4.88 Å². The number of carboxylic acids is 1. The molecule has 88 valence electrons. The van der Waals surface area contributed by atoms with Crippen LogP contribution in [0.25, 0.3) is 0 Å². The number of rotatable bonds is 3. The van der Waals surface area contributed by atoms with Crippen molar-refractivity contribution in [2.45, 2.75) is 13.8 Å². The standard InChI is InChI=1S/C11H11N3O2S/c1-6-3-4-12-5-8(6)14-11-13-7(2)9(17-11)10(15)16/h3-5H,1-2H3,(H,13,14)(H,15,16). The van der Waals surface area contributed by atoms with Crippen LogP contribution in [0.4, 0.5) is 10.8 Å². The van der Waals surface area contributed by atoms with Crippen molar-refractivity contribution in [3.05, 3.63) is 34.6 Å². The van der Waals surface area contributed by atoms with E-state index in [9.17, 15) is 4.79 Å². The fourth-order valence-electron chi connectivity index (χ4n) is 1.36. The van der Waals surface area contributed by atoms with E-state index in [0.29, 0.717) is 10.8 Å². The third-order valence-electron chi connectivity index (χ3n) is 2.27. The number of aromatic nitrogens is 2. The Morgan fingerprint density at radius 1 is 1.47 bits per heavy atom. The maximum atomic E-state index is 10.9. The van der Waals surface area contributed by atoms with E-state index < -0.39 is 5.97 Å². The van der Waals surface area contributed by atoms with Gasteiger partial charge >= 0.3 is 5.97 Å². The van der Waals surface area contributed by atoms with Gasteiger partial charge in [-0.25, -0.2) is 9.78 Å². The highest BCUT2D eigenvalue weighted by Gasteiger charge is 2.14. The number of carboxylic acid groups (broad SMARTS) is 1. The van der Waals surface area contributed by atoms with E-state index in [0.717, 1.165) is 22.6 Å². The Morgan fingerprint density at radius 3 is 2.82 bits per heavy atom. The normalized spacial score (nSPS) is 10.2. The van der Waals surface area contributed by atoms with E-state index >= 15 is 0 Å². The molecule has 0 saturated heterocycles. The maximum absolute atomic E-state index is 10.9. The summed E-state index contributed by atoms with van der Waals surface area (Å²) in [6, 6.07) is 1.88. The molecule has 0 fully saturated rings. The van der Waals surface area contributed by atoms with Crippen molar-refractivity contribution in [3.63, 3.8) is 0 Å². The van der Waals surface area contributed by atoms with Crippen molar-refractivity contribution in [2.24, 2.45) is 0 Å². The summed E-state index contributed by atoms with van der Waals surface area (Å²) in [5, 5.41) is 12.6. The van der Waals surface area contributed by atoms with Gasteiger partial charge in [-0.3, -0.25) is 4.98 Å². The lowest BCUT2D eigenvalue weighted by Crippen LogP contribution is -1.94. The van der Waals surface area contributed by atoms with E-state index in [4.69, 9.17) is 5.11 Å². The minimum Gasteiger partial charge on any atom is -0.477 e. The van der Waals surface area contributed by atoms with Gasteiger partial charge in [-0.05, 0) is 25.5 Å². The number of anilines is 2. The van der Waals surface area contributed by atoms with Crippen LogP contribution < -0.4 is 5.32 Å². The number of hydrogen-bond donors (Lipinski definition) is 2. The molecule has 2 aromatic rings. The molecule has 2 aromatic heterocycles. The highest BCUT2D eigenvalue weighted by Crippen LogP contribution is 2.26. The number of pyridine rings is 1. The first-order valence-corrected chi connectivity index (χ1v) is 5.78. The Morgan fingerprint density at radius 2 is 2.24 bits per heavy atom. The van der Waals surface area contributed by atoms with Crippen molar-refractivity contribution >= 4 is 28.1 Å². The molecular formula is C11H11N3O2S. The first-order chi connectivity index (χ1) is 8.08.